The third-order valence-corrected chi connectivity index (χ3v) is 3.35. The number of hydrogen-bond donors (Lipinski definition) is 0. The average Bonchev–Trinajstić information content (AvgIpc) is 2.83. The summed E-state index contributed by atoms with van der Waals surface area (Å²) in [5.74, 6) is 0.942. The molecule has 3 heteroatoms. The fraction of sp³-hybridized carbons (Fsp3) is 0.286. The first-order chi connectivity index (χ1) is 8.34. The van der Waals surface area contributed by atoms with Gasteiger partial charge in [-0.05, 0) is 30.6 Å². The van der Waals surface area contributed by atoms with Crippen molar-refractivity contribution in [3.63, 3.8) is 0 Å². The van der Waals surface area contributed by atoms with Gasteiger partial charge in [0.25, 0.3) is 0 Å². The van der Waals surface area contributed by atoms with E-state index < -0.39 is 0 Å². The van der Waals surface area contributed by atoms with Gasteiger partial charge in [-0.3, -0.25) is 4.90 Å². The van der Waals surface area contributed by atoms with Gasteiger partial charge >= 0.3 is 0 Å². The Labute approximate surface area is 106 Å². The molecule has 0 bridgehead atoms. The van der Waals surface area contributed by atoms with E-state index in [1.54, 1.807) is 11.3 Å². The van der Waals surface area contributed by atoms with Crippen molar-refractivity contribution in [2.24, 2.45) is 0 Å². The maximum Gasteiger partial charge on any atom is 0.119 e. The Hall–Kier alpha value is -1.32. The van der Waals surface area contributed by atoms with Gasteiger partial charge in [0.05, 0.1) is 0 Å². The van der Waals surface area contributed by atoms with Crippen LogP contribution in [0.3, 0.4) is 0 Å². The first-order valence-electron chi connectivity index (χ1n) is 5.73. The maximum atomic E-state index is 5.66. The summed E-state index contributed by atoms with van der Waals surface area (Å²) in [5.41, 5.74) is 0. The van der Waals surface area contributed by atoms with E-state index in [1.807, 2.05) is 30.3 Å². The largest absolute Gasteiger partial charge is 0.492 e. The van der Waals surface area contributed by atoms with Crippen LogP contribution in [0.1, 0.15) is 4.88 Å². The van der Waals surface area contributed by atoms with Crippen LogP contribution in [0.25, 0.3) is 0 Å². The first kappa shape index (κ1) is 12.1. The van der Waals surface area contributed by atoms with Gasteiger partial charge in [-0.1, -0.05) is 24.3 Å². The number of rotatable bonds is 6. The van der Waals surface area contributed by atoms with Crippen LogP contribution in [-0.4, -0.2) is 25.1 Å². The number of hydrogen-bond acceptors (Lipinski definition) is 3. The highest BCUT2D eigenvalue weighted by molar-refractivity contribution is 7.09. The minimum Gasteiger partial charge on any atom is -0.492 e. The highest BCUT2D eigenvalue weighted by Gasteiger charge is 2.01. The molecule has 0 atom stereocenters. The summed E-state index contributed by atoms with van der Waals surface area (Å²) in [4.78, 5) is 3.67. The molecule has 0 unspecified atom stereocenters. The zero-order valence-corrected chi connectivity index (χ0v) is 10.8. The number of para-hydroxylation sites is 1. The predicted molar refractivity (Wildman–Crippen MR) is 72.6 cm³/mol. The Bertz CT molecular complexity index is 413. The van der Waals surface area contributed by atoms with E-state index in [9.17, 15) is 0 Å². The third-order valence-electron chi connectivity index (χ3n) is 2.49. The van der Waals surface area contributed by atoms with Crippen molar-refractivity contribution in [2.75, 3.05) is 20.2 Å². The molecule has 0 N–H and O–H groups in total. The number of likely N-dealkylation sites (N-methyl/N-ethyl adjacent to an activating group) is 1. The average molecular weight is 247 g/mol. The Morgan fingerprint density at radius 3 is 2.65 bits per heavy atom. The molecule has 2 rings (SSSR count). The fourth-order valence-electron chi connectivity index (χ4n) is 1.58. The summed E-state index contributed by atoms with van der Waals surface area (Å²) >= 11 is 1.80. The standard InChI is InChI=1S/C14H17NOS/c1-15(12-14-8-5-11-17-14)9-10-16-13-6-3-2-4-7-13/h2-8,11H,9-10,12H2,1H3. The second kappa shape index (κ2) is 6.42. The summed E-state index contributed by atoms with van der Waals surface area (Å²) in [7, 11) is 2.12. The number of nitrogens with zero attached hydrogens (tertiary/aromatic N) is 1. The van der Waals surface area contributed by atoms with Crippen LogP contribution < -0.4 is 4.74 Å². The Kier molecular flexibility index (Phi) is 4.59. The monoisotopic (exact) mass is 247 g/mol. The molecule has 2 nitrogen and oxygen atoms in total. The van der Waals surface area contributed by atoms with Gasteiger partial charge in [0.1, 0.15) is 12.4 Å². The van der Waals surface area contributed by atoms with E-state index in [1.165, 1.54) is 4.88 Å². The van der Waals surface area contributed by atoms with E-state index in [0.29, 0.717) is 0 Å². The maximum absolute atomic E-state index is 5.66. The highest BCUT2D eigenvalue weighted by Crippen LogP contribution is 2.11. The van der Waals surface area contributed by atoms with Crippen LogP contribution in [0.5, 0.6) is 5.75 Å². The van der Waals surface area contributed by atoms with Gasteiger partial charge in [0, 0.05) is 18.0 Å². The molecule has 0 saturated carbocycles. The summed E-state index contributed by atoms with van der Waals surface area (Å²) in [5, 5.41) is 2.11. The Morgan fingerprint density at radius 1 is 1.12 bits per heavy atom. The molecule has 1 aromatic carbocycles. The zero-order valence-electron chi connectivity index (χ0n) is 10.0. The van der Waals surface area contributed by atoms with Crippen LogP contribution >= 0.6 is 11.3 Å². The van der Waals surface area contributed by atoms with Crippen molar-refractivity contribution < 1.29 is 4.74 Å². The Balaban J connectivity index is 1.68. The van der Waals surface area contributed by atoms with Gasteiger partial charge in [0.2, 0.25) is 0 Å². The lowest BCUT2D eigenvalue weighted by molar-refractivity contribution is 0.234. The summed E-state index contributed by atoms with van der Waals surface area (Å²) in [6.45, 7) is 2.66. The molecular formula is C14H17NOS. The van der Waals surface area contributed by atoms with Crippen molar-refractivity contribution in [3.05, 3.63) is 52.7 Å². The molecule has 0 aliphatic rings. The topological polar surface area (TPSA) is 12.5 Å². The van der Waals surface area contributed by atoms with Crippen LogP contribution in [0.4, 0.5) is 0 Å². The van der Waals surface area contributed by atoms with Crippen molar-refractivity contribution in [3.8, 4) is 5.75 Å². The minimum atomic E-state index is 0.728. The summed E-state index contributed by atoms with van der Waals surface area (Å²) < 4.78 is 5.66. The van der Waals surface area contributed by atoms with E-state index >= 15 is 0 Å². The zero-order chi connectivity index (χ0) is 11.9. The first-order valence-corrected chi connectivity index (χ1v) is 6.61. The van der Waals surface area contributed by atoms with E-state index in [0.717, 1.165) is 25.4 Å². The van der Waals surface area contributed by atoms with Crippen molar-refractivity contribution in [1.82, 2.24) is 4.90 Å². The SMILES string of the molecule is CN(CCOc1ccccc1)Cc1cccs1. The second-order valence-electron chi connectivity index (χ2n) is 3.98. The van der Waals surface area contributed by atoms with Gasteiger partial charge in [-0.15, -0.1) is 11.3 Å². The van der Waals surface area contributed by atoms with Crippen molar-refractivity contribution >= 4 is 11.3 Å². The quantitative estimate of drug-likeness (QED) is 0.777. The lowest BCUT2D eigenvalue weighted by Crippen LogP contribution is -2.23. The molecule has 90 valence electrons. The molecule has 0 saturated heterocycles. The van der Waals surface area contributed by atoms with Gasteiger partial charge in [0.15, 0.2) is 0 Å². The molecule has 0 radical (unpaired) electrons. The van der Waals surface area contributed by atoms with Crippen LogP contribution in [0.2, 0.25) is 0 Å². The van der Waals surface area contributed by atoms with Crippen LogP contribution in [0, 0.1) is 0 Å². The van der Waals surface area contributed by atoms with Crippen LogP contribution in [-0.2, 0) is 6.54 Å². The lowest BCUT2D eigenvalue weighted by atomic mass is 10.3. The van der Waals surface area contributed by atoms with E-state index in [2.05, 4.69) is 29.5 Å². The number of thiophene rings is 1. The fourth-order valence-corrected chi connectivity index (χ4v) is 2.37. The highest BCUT2D eigenvalue weighted by atomic mass is 32.1. The summed E-state index contributed by atoms with van der Waals surface area (Å²) in [6, 6.07) is 14.2. The normalized spacial score (nSPS) is 10.7. The lowest BCUT2D eigenvalue weighted by Gasteiger charge is -2.15. The van der Waals surface area contributed by atoms with Crippen molar-refractivity contribution in [2.45, 2.75) is 6.54 Å². The smallest absolute Gasteiger partial charge is 0.119 e. The molecule has 0 aliphatic heterocycles. The summed E-state index contributed by atoms with van der Waals surface area (Å²) in [6.07, 6.45) is 0. The molecule has 1 aromatic heterocycles. The second-order valence-corrected chi connectivity index (χ2v) is 5.01. The minimum absolute atomic E-state index is 0.728. The molecule has 1 heterocycles. The number of ether oxygens (including phenoxy) is 1. The van der Waals surface area contributed by atoms with Gasteiger partial charge < -0.3 is 4.74 Å². The molecular weight excluding hydrogens is 230 g/mol. The van der Waals surface area contributed by atoms with Crippen LogP contribution in [0.15, 0.2) is 47.8 Å². The third kappa shape index (κ3) is 4.21. The van der Waals surface area contributed by atoms with Crippen molar-refractivity contribution in [1.29, 1.82) is 0 Å². The molecule has 0 fully saturated rings. The van der Waals surface area contributed by atoms with Gasteiger partial charge in [-0.25, -0.2) is 0 Å². The Morgan fingerprint density at radius 2 is 1.94 bits per heavy atom. The number of benzene rings is 1. The predicted octanol–water partition coefficient (Wildman–Crippen LogP) is 3.26. The van der Waals surface area contributed by atoms with E-state index in [-0.39, 0.29) is 0 Å². The van der Waals surface area contributed by atoms with Gasteiger partial charge in [-0.2, -0.15) is 0 Å². The molecule has 17 heavy (non-hydrogen) atoms. The molecule has 2 aromatic rings. The molecule has 0 aliphatic carbocycles. The molecule has 0 spiro atoms. The van der Waals surface area contributed by atoms with E-state index in [4.69, 9.17) is 4.74 Å². The molecule has 0 amide bonds.